The number of anilines is 1. The second kappa shape index (κ2) is 9.99. The van der Waals surface area contributed by atoms with Crippen LogP contribution in [0.2, 0.25) is 0 Å². The second-order valence-electron chi connectivity index (χ2n) is 7.40. The van der Waals surface area contributed by atoms with Gasteiger partial charge in [-0.15, -0.1) is 0 Å². The molecule has 0 aromatic heterocycles. The predicted octanol–water partition coefficient (Wildman–Crippen LogP) is 3.67. The Morgan fingerprint density at radius 1 is 1.23 bits per heavy atom. The number of carbonyl (C=O) groups is 1. The number of rotatable bonds is 8. The lowest BCUT2D eigenvalue weighted by Crippen LogP contribution is -2.35. The lowest BCUT2D eigenvalue weighted by atomic mass is 10.0. The van der Waals surface area contributed by atoms with Crippen LogP contribution in [-0.4, -0.2) is 48.8 Å². The number of hydrogen-bond acceptors (Lipinski definition) is 6. The van der Waals surface area contributed by atoms with Crippen molar-refractivity contribution < 1.29 is 19.4 Å². The van der Waals surface area contributed by atoms with Crippen molar-refractivity contribution in [1.82, 2.24) is 4.90 Å². The maximum Gasteiger partial charge on any atom is 0.330 e. The molecule has 2 N–H and O–H groups in total. The molecule has 0 bridgehead atoms. The summed E-state index contributed by atoms with van der Waals surface area (Å²) in [7, 11) is 2.09. The normalized spacial score (nSPS) is 15.8. The minimum Gasteiger partial charge on any atom is -0.494 e. The van der Waals surface area contributed by atoms with Crippen molar-refractivity contribution in [2.45, 2.75) is 31.9 Å². The van der Waals surface area contributed by atoms with Crippen LogP contribution in [0.25, 0.3) is 0 Å². The van der Waals surface area contributed by atoms with E-state index >= 15 is 0 Å². The highest BCUT2D eigenvalue weighted by Crippen LogP contribution is 2.31. The van der Waals surface area contributed by atoms with E-state index in [1.807, 2.05) is 13.0 Å². The van der Waals surface area contributed by atoms with Crippen molar-refractivity contribution >= 4 is 11.7 Å². The summed E-state index contributed by atoms with van der Waals surface area (Å²) in [5, 5.41) is 21.8. The number of nitriles is 1. The SMILES string of the molecule is CCOc1cc(OC2CCN(C)CC2)cc(C(Nc2ccc(C#N)cc2)C(=O)O)c1. The van der Waals surface area contributed by atoms with Crippen molar-refractivity contribution in [3.8, 4) is 17.6 Å². The first kappa shape index (κ1) is 21.5. The minimum atomic E-state index is -1.02. The van der Waals surface area contributed by atoms with Gasteiger partial charge < -0.3 is 24.8 Å². The molecule has 1 unspecified atom stereocenters. The molecule has 0 radical (unpaired) electrons. The van der Waals surface area contributed by atoms with Crippen LogP contribution >= 0.6 is 0 Å². The number of carboxylic acids is 1. The Kier molecular flexibility index (Phi) is 7.15. The van der Waals surface area contributed by atoms with Gasteiger partial charge in [0.05, 0.1) is 18.2 Å². The molecule has 1 aliphatic rings. The molecule has 0 spiro atoms. The molecule has 3 rings (SSSR count). The Bertz CT molecular complexity index is 900. The summed E-state index contributed by atoms with van der Waals surface area (Å²) >= 11 is 0. The van der Waals surface area contributed by atoms with Gasteiger partial charge in [-0.25, -0.2) is 4.79 Å². The van der Waals surface area contributed by atoms with Crippen molar-refractivity contribution in [1.29, 1.82) is 5.26 Å². The molecule has 1 aliphatic heterocycles. The minimum absolute atomic E-state index is 0.0979. The summed E-state index contributed by atoms with van der Waals surface area (Å²) in [5.74, 6) is 0.169. The number of carboxylic acid groups (broad SMARTS) is 1. The van der Waals surface area contributed by atoms with Gasteiger partial charge in [0.25, 0.3) is 0 Å². The van der Waals surface area contributed by atoms with Crippen molar-refractivity contribution in [2.75, 3.05) is 32.1 Å². The molecule has 0 aliphatic carbocycles. The Labute approximate surface area is 176 Å². The summed E-state index contributed by atoms with van der Waals surface area (Å²) in [6.45, 7) is 4.30. The van der Waals surface area contributed by atoms with Crippen LogP contribution in [0.3, 0.4) is 0 Å². The highest BCUT2D eigenvalue weighted by molar-refractivity contribution is 5.79. The molecule has 2 aromatic rings. The average Bonchev–Trinajstić information content (AvgIpc) is 2.74. The van der Waals surface area contributed by atoms with Crippen LogP contribution in [-0.2, 0) is 4.79 Å². The van der Waals surface area contributed by atoms with Gasteiger partial charge in [0.1, 0.15) is 17.6 Å². The van der Waals surface area contributed by atoms with Crippen molar-refractivity contribution in [3.05, 3.63) is 53.6 Å². The fourth-order valence-corrected chi connectivity index (χ4v) is 3.47. The van der Waals surface area contributed by atoms with Gasteiger partial charge in [-0.1, -0.05) is 0 Å². The number of hydrogen-bond donors (Lipinski definition) is 2. The Balaban J connectivity index is 1.85. The van der Waals surface area contributed by atoms with Crippen LogP contribution in [0.4, 0.5) is 5.69 Å². The fourth-order valence-electron chi connectivity index (χ4n) is 3.47. The van der Waals surface area contributed by atoms with E-state index < -0.39 is 12.0 Å². The third-order valence-electron chi connectivity index (χ3n) is 5.09. The van der Waals surface area contributed by atoms with Gasteiger partial charge in [0, 0.05) is 24.8 Å². The zero-order valence-corrected chi connectivity index (χ0v) is 17.3. The van der Waals surface area contributed by atoms with Gasteiger partial charge in [0.2, 0.25) is 0 Å². The quantitative estimate of drug-likeness (QED) is 0.687. The summed E-state index contributed by atoms with van der Waals surface area (Å²) in [5.41, 5.74) is 1.67. The smallest absolute Gasteiger partial charge is 0.330 e. The zero-order valence-electron chi connectivity index (χ0n) is 17.3. The molecule has 30 heavy (non-hydrogen) atoms. The van der Waals surface area contributed by atoms with Gasteiger partial charge in [-0.05, 0) is 68.8 Å². The number of ether oxygens (including phenoxy) is 2. The van der Waals surface area contributed by atoms with Crippen molar-refractivity contribution in [2.24, 2.45) is 0 Å². The van der Waals surface area contributed by atoms with Crippen LogP contribution in [0.5, 0.6) is 11.5 Å². The molecular weight excluding hydrogens is 382 g/mol. The van der Waals surface area contributed by atoms with Crippen LogP contribution in [0, 0.1) is 11.3 Å². The number of benzene rings is 2. The predicted molar refractivity (Wildman–Crippen MR) is 114 cm³/mol. The number of aliphatic carboxylic acids is 1. The number of nitrogens with one attached hydrogen (secondary N) is 1. The van der Waals surface area contributed by atoms with E-state index in [4.69, 9.17) is 14.7 Å². The lowest BCUT2D eigenvalue weighted by molar-refractivity contribution is -0.138. The molecule has 0 saturated carbocycles. The van der Waals surface area contributed by atoms with E-state index in [0.717, 1.165) is 25.9 Å². The van der Waals surface area contributed by atoms with Gasteiger partial charge in [0.15, 0.2) is 6.04 Å². The maximum atomic E-state index is 12.0. The molecule has 1 fully saturated rings. The lowest BCUT2D eigenvalue weighted by Gasteiger charge is -2.29. The van der Waals surface area contributed by atoms with E-state index in [-0.39, 0.29) is 6.10 Å². The molecule has 1 saturated heterocycles. The van der Waals surface area contributed by atoms with Gasteiger partial charge in [-0.2, -0.15) is 5.26 Å². The number of likely N-dealkylation sites (tertiary alicyclic amines) is 1. The van der Waals surface area contributed by atoms with E-state index in [9.17, 15) is 9.90 Å². The first-order valence-corrected chi connectivity index (χ1v) is 10.1. The van der Waals surface area contributed by atoms with E-state index in [2.05, 4.69) is 23.3 Å². The maximum absolute atomic E-state index is 12.0. The summed E-state index contributed by atoms with van der Waals surface area (Å²) in [6.07, 6.45) is 1.95. The van der Waals surface area contributed by atoms with E-state index in [1.165, 1.54) is 0 Å². The first-order valence-electron chi connectivity index (χ1n) is 10.1. The van der Waals surface area contributed by atoms with Crippen molar-refractivity contribution in [3.63, 3.8) is 0 Å². The summed E-state index contributed by atoms with van der Waals surface area (Å²) < 4.78 is 11.8. The molecule has 0 amide bonds. The topological polar surface area (TPSA) is 94.8 Å². The first-order chi connectivity index (χ1) is 14.5. The molecular formula is C23H27N3O4. The summed E-state index contributed by atoms with van der Waals surface area (Å²) in [6, 6.07) is 13.0. The molecule has 1 atom stereocenters. The molecule has 7 nitrogen and oxygen atoms in total. The zero-order chi connectivity index (χ0) is 21.5. The standard InChI is InChI=1S/C23H27N3O4/c1-3-29-20-12-17(13-21(14-20)30-19-8-10-26(2)11-9-19)22(23(27)28)25-18-6-4-16(15-24)5-7-18/h4-7,12-14,19,22,25H,3,8-11H2,1-2H3,(H,27,28). The monoisotopic (exact) mass is 409 g/mol. The average molecular weight is 409 g/mol. The summed E-state index contributed by atoms with van der Waals surface area (Å²) in [4.78, 5) is 14.3. The molecule has 7 heteroatoms. The van der Waals surface area contributed by atoms with E-state index in [0.29, 0.717) is 34.9 Å². The van der Waals surface area contributed by atoms with Crippen LogP contribution in [0.1, 0.15) is 36.9 Å². The molecule has 2 aromatic carbocycles. The third kappa shape index (κ3) is 5.65. The molecule has 1 heterocycles. The van der Waals surface area contributed by atoms with Crippen LogP contribution in [0.15, 0.2) is 42.5 Å². The fraction of sp³-hybridized carbons (Fsp3) is 0.391. The third-order valence-corrected chi connectivity index (χ3v) is 5.09. The largest absolute Gasteiger partial charge is 0.494 e. The Morgan fingerprint density at radius 3 is 2.50 bits per heavy atom. The molecule has 158 valence electrons. The van der Waals surface area contributed by atoms with E-state index in [1.54, 1.807) is 36.4 Å². The van der Waals surface area contributed by atoms with Crippen LogP contribution < -0.4 is 14.8 Å². The second-order valence-corrected chi connectivity index (χ2v) is 7.40. The van der Waals surface area contributed by atoms with Gasteiger partial charge >= 0.3 is 5.97 Å². The highest BCUT2D eigenvalue weighted by Gasteiger charge is 2.23. The highest BCUT2D eigenvalue weighted by atomic mass is 16.5. The Morgan fingerprint density at radius 2 is 1.90 bits per heavy atom. The van der Waals surface area contributed by atoms with Gasteiger partial charge in [-0.3, -0.25) is 0 Å². The Hall–Kier alpha value is -3.24. The number of nitrogens with zero attached hydrogens (tertiary/aromatic N) is 2. The number of piperidine rings is 1.